The zero-order valence-electron chi connectivity index (χ0n) is 14.1. The number of thiazole rings is 1. The van der Waals surface area contributed by atoms with Crippen molar-refractivity contribution >= 4 is 38.8 Å². The highest BCUT2D eigenvalue weighted by Crippen LogP contribution is 2.21. The predicted molar refractivity (Wildman–Crippen MR) is 105 cm³/mol. The zero-order chi connectivity index (χ0) is 18.5. The van der Waals surface area contributed by atoms with Crippen molar-refractivity contribution in [3.63, 3.8) is 0 Å². The molecule has 2 N–H and O–H groups in total. The fraction of sp³-hybridized carbons (Fsp3) is 0.111. The van der Waals surface area contributed by atoms with Gasteiger partial charge in [-0.25, -0.2) is 4.98 Å². The van der Waals surface area contributed by atoms with Gasteiger partial charge in [-0.1, -0.05) is 41.7 Å². The van der Waals surface area contributed by atoms with Crippen molar-refractivity contribution in [3.05, 3.63) is 76.1 Å². The van der Waals surface area contributed by atoms with E-state index in [1.54, 1.807) is 11.6 Å². The lowest BCUT2D eigenvalue weighted by Gasteiger charge is -1.99. The molecule has 1 amide bonds. The van der Waals surface area contributed by atoms with Gasteiger partial charge in [0.05, 0.1) is 12.8 Å². The van der Waals surface area contributed by atoms with Gasteiger partial charge in [0.25, 0.3) is 5.91 Å². The molecular formula is C18H15N5O2S2. The van der Waals surface area contributed by atoms with E-state index in [2.05, 4.69) is 25.8 Å². The van der Waals surface area contributed by atoms with Gasteiger partial charge in [-0.2, -0.15) is 0 Å². The first-order chi connectivity index (χ1) is 13.3. The lowest BCUT2D eigenvalue weighted by Crippen LogP contribution is -2.12. The van der Waals surface area contributed by atoms with Crippen molar-refractivity contribution in [1.29, 1.82) is 0 Å². The van der Waals surface area contributed by atoms with E-state index in [-0.39, 0.29) is 5.91 Å². The standard InChI is InChI=1S/C18H15N5O2S2/c24-16(14-11-26-17(20-14)19-10-13-7-4-8-25-13)21-18-23-22-15(27-18)9-12-5-2-1-3-6-12/h1-8,11H,9-10H2,(H,19,20)(H,21,23,24). The van der Waals surface area contributed by atoms with Gasteiger partial charge in [-0.05, 0) is 17.7 Å². The summed E-state index contributed by atoms with van der Waals surface area (Å²) in [5.41, 5.74) is 1.49. The molecule has 9 heteroatoms. The summed E-state index contributed by atoms with van der Waals surface area (Å²) in [4.78, 5) is 16.6. The molecule has 3 heterocycles. The van der Waals surface area contributed by atoms with Crippen LogP contribution in [0.1, 0.15) is 26.8 Å². The number of carbonyl (C=O) groups excluding carboxylic acids is 1. The molecular weight excluding hydrogens is 382 g/mol. The predicted octanol–water partition coefficient (Wildman–Crippen LogP) is 4.04. The van der Waals surface area contributed by atoms with Crippen molar-refractivity contribution in [2.75, 3.05) is 10.6 Å². The maximum atomic E-state index is 12.4. The van der Waals surface area contributed by atoms with Crippen LogP contribution in [0.3, 0.4) is 0 Å². The number of hydrogen-bond donors (Lipinski definition) is 2. The van der Waals surface area contributed by atoms with Crippen LogP contribution in [-0.2, 0) is 13.0 Å². The van der Waals surface area contributed by atoms with Crippen LogP contribution >= 0.6 is 22.7 Å². The maximum absolute atomic E-state index is 12.4. The second-order valence-corrected chi connectivity index (χ2v) is 7.51. The van der Waals surface area contributed by atoms with Gasteiger partial charge >= 0.3 is 0 Å². The molecule has 0 aliphatic carbocycles. The minimum Gasteiger partial charge on any atom is -0.467 e. The van der Waals surface area contributed by atoms with E-state index >= 15 is 0 Å². The van der Waals surface area contributed by atoms with Gasteiger partial charge in [0, 0.05) is 11.8 Å². The molecule has 3 aromatic heterocycles. The van der Waals surface area contributed by atoms with Gasteiger partial charge in [0.1, 0.15) is 16.5 Å². The van der Waals surface area contributed by atoms with Gasteiger partial charge < -0.3 is 9.73 Å². The molecule has 0 saturated heterocycles. The van der Waals surface area contributed by atoms with Crippen LogP contribution in [0, 0.1) is 0 Å². The third-order valence-electron chi connectivity index (χ3n) is 3.62. The van der Waals surface area contributed by atoms with Crippen LogP contribution in [0.25, 0.3) is 0 Å². The number of rotatable bonds is 7. The number of nitrogens with zero attached hydrogens (tertiary/aromatic N) is 3. The second kappa shape index (κ2) is 8.11. The molecule has 0 radical (unpaired) electrons. The minimum absolute atomic E-state index is 0.306. The summed E-state index contributed by atoms with van der Waals surface area (Å²) in [6.07, 6.45) is 2.30. The maximum Gasteiger partial charge on any atom is 0.277 e. The third-order valence-corrected chi connectivity index (χ3v) is 5.25. The Bertz CT molecular complexity index is 1010. The highest BCUT2D eigenvalue weighted by molar-refractivity contribution is 7.15. The van der Waals surface area contributed by atoms with E-state index < -0.39 is 0 Å². The van der Waals surface area contributed by atoms with Gasteiger partial charge in [0.15, 0.2) is 5.13 Å². The molecule has 0 aliphatic heterocycles. The van der Waals surface area contributed by atoms with Crippen molar-refractivity contribution in [3.8, 4) is 0 Å². The van der Waals surface area contributed by atoms with Crippen LogP contribution in [0.2, 0.25) is 0 Å². The first-order valence-electron chi connectivity index (χ1n) is 8.16. The van der Waals surface area contributed by atoms with Crippen molar-refractivity contribution in [1.82, 2.24) is 15.2 Å². The molecule has 0 aliphatic rings. The van der Waals surface area contributed by atoms with E-state index in [4.69, 9.17) is 4.42 Å². The number of aromatic nitrogens is 3. The third kappa shape index (κ3) is 4.57. The SMILES string of the molecule is O=C(Nc1nnc(Cc2ccccc2)s1)c1csc(NCc2ccco2)n1. The number of hydrogen-bond acceptors (Lipinski definition) is 8. The quantitative estimate of drug-likeness (QED) is 0.489. The molecule has 7 nitrogen and oxygen atoms in total. The number of nitrogens with one attached hydrogen (secondary N) is 2. The van der Waals surface area contributed by atoms with Crippen LogP contribution < -0.4 is 10.6 Å². The van der Waals surface area contributed by atoms with E-state index in [0.29, 0.717) is 28.9 Å². The van der Waals surface area contributed by atoms with Crippen LogP contribution in [0.15, 0.2) is 58.5 Å². The Labute approximate surface area is 163 Å². The molecule has 27 heavy (non-hydrogen) atoms. The van der Waals surface area contributed by atoms with Crippen molar-refractivity contribution in [2.45, 2.75) is 13.0 Å². The second-order valence-electron chi connectivity index (χ2n) is 5.59. The lowest BCUT2D eigenvalue weighted by molar-refractivity contribution is 0.102. The highest BCUT2D eigenvalue weighted by Gasteiger charge is 2.14. The fourth-order valence-corrected chi connectivity index (χ4v) is 3.80. The number of amides is 1. The summed E-state index contributed by atoms with van der Waals surface area (Å²) in [5.74, 6) is 0.496. The van der Waals surface area contributed by atoms with Crippen molar-refractivity contribution < 1.29 is 9.21 Å². The molecule has 4 aromatic rings. The fourth-order valence-electron chi connectivity index (χ4n) is 2.34. The van der Waals surface area contributed by atoms with Crippen molar-refractivity contribution in [2.24, 2.45) is 0 Å². The summed E-state index contributed by atoms with van der Waals surface area (Å²) in [7, 11) is 0. The van der Waals surface area contributed by atoms with Gasteiger partial charge in [0.2, 0.25) is 5.13 Å². The van der Waals surface area contributed by atoms with Crippen LogP contribution in [0.4, 0.5) is 10.3 Å². The molecule has 0 unspecified atom stereocenters. The molecule has 0 saturated carbocycles. The molecule has 0 bridgehead atoms. The Hall–Kier alpha value is -3.04. The zero-order valence-corrected chi connectivity index (χ0v) is 15.7. The minimum atomic E-state index is -0.306. The van der Waals surface area contributed by atoms with E-state index in [0.717, 1.165) is 16.3 Å². The average molecular weight is 397 g/mol. The Morgan fingerprint density at radius 2 is 1.96 bits per heavy atom. The summed E-state index contributed by atoms with van der Waals surface area (Å²) in [6, 6.07) is 13.7. The van der Waals surface area contributed by atoms with Crippen LogP contribution in [0.5, 0.6) is 0 Å². The van der Waals surface area contributed by atoms with E-state index in [1.165, 1.54) is 22.7 Å². The number of carbonyl (C=O) groups is 1. The molecule has 0 spiro atoms. The molecule has 1 aromatic carbocycles. The summed E-state index contributed by atoms with van der Waals surface area (Å²) < 4.78 is 5.25. The van der Waals surface area contributed by atoms with E-state index in [9.17, 15) is 4.79 Å². The first-order valence-corrected chi connectivity index (χ1v) is 9.85. The topological polar surface area (TPSA) is 92.9 Å². The molecule has 0 fully saturated rings. The largest absolute Gasteiger partial charge is 0.467 e. The van der Waals surface area contributed by atoms with Crippen LogP contribution in [-0.4, -0.2) is 21.1 Å². The van der Waals surface area contributed by atoms with Gasteiger partial charge in [-0.15, -0.1) is 21.5 Å². The first kappa shape index (κ1) is 17.4. The monoisotopic (exact) mass is 397 g/mol. The Kier molecular flexibility index (Phi) is 5.22. The molecule has 136 valence electrons. The normalized spacial score (nSPS) is 10.7. The highest BCUT2D eigenvalue weighted by atomic mass is 32.1. The summed E-state index contributed by atoms with van der Waals surface area (Å²) >= 11 is 2.72. The average Bonchev–Trinajstić information content (AvgIpc) is 3.43. The number of benzene rings is 1. The Morgan fingerprint density at radius 1 is 1.07 bits per heavy atom. The van der Waals surface area contributed by atoms with Gasteiger partial charge in [-0.3, -0.25) is 10.1 Å². The smallest absolute Gasteiger partial charge is 0.277 e. The number of furan rings is 1. The van der Waals surface area contributed by atoms with E-state index in [1.807, 2.05) is 42.5 Å². The Balaban J connectivity index is 1.34. The number of anilines is 2. The Morgan fingerprint density at radius 3 is 2.78 bits per heavy atom. The summed E-state index contributed by atoms with van der Waals surface area (Å²) in [6.45, 7) is 0.515. The molecule has 4 rings (SSSR count). The molecule has 0 atom stereocenters. The lowest BCUT2D eigenvalue weighted by atomic mass is 10.2. The summed E-state index contributed by atoms with van der Waals surface area (Å²) in [5, 5.41) is 17.7.